The average molecular weight is 384 g/mol. The number of imidazole rings is 1. The number of aromatic nitrogens is 2. The summed E-state index contributed by atoms with van der Waals surface area (Å²) in [6.45, 7) is 0.299. The molecule has 0 spiro atoms. The fraction of sp³-hybridized carbons (Fsp3) is 0.0526. The maximum atomic E-state index is 11.8. The molecule has 0 aliphatic rings. The molecular formula is C19H14ClN3O2S. The second-order valence-electron chi connectivity index (χ2n) is 5.66. The number of carbonyl (C=O) groups excluding carboxylic acids is 1. The number of hydrogen-bond acceptors (Lipinski definition) is 4. The fourth-order valence-electron chi connectivity index (χ4n) is 2.70. The lowest BCUT2D eigenvalue weighted by molar-refractivity contribution is 0.1000. The van der Waals surface area contributed by atoms with Crippen molar-refractivity contribution in [3.63, 3.8) is 0 Å². The number of hydrogen-bond donors (Lipinski definition) is 1. The standard InChI is InChI=1S/C19H14ClN3O2S/c20-13-7-5-12(6-8-13)9-25-17-16(10-26-18(17)19(21)24)23-11-22-14-3-1-2-4-15(14)23/h1-8,10-11H,9H2,(H2,21,24). The first-order valence-electron chi connectivity index (χ1n) is 7.84. The summed E-state index contributed by atoms with van der Waals surface area (Å²) in [5.41, 5.74) is 9.01. The molecule has 2 aromatic heterocycles. The number of rotatable bonds is 5. The summed E-state index contributed by atoms with van der Waals surface area (Å²) >= 11 is 7.18. The molecule has 0 atom stereocenters. The van der Waals surface area contributed by atoms with E-state index in [0.29, 0.717) is 22.3 Å². The first-order valence-corrected chi connectivity index (χ1v) is 9.10. The molecule has 0 aliphatic heterocycles. The minimum Gasteiger partial charge on any atom is -0.485 e. The minimum absolute atomic E-state index is 0.299. The predicted octanol–water partition coefficient (Wildman–Crippen LogP) is 4.42. The van der Waals surface area contributed by atoms with Crippen LogP contribution >= 0.6 is 22.9 Å². The highest BCUT2D eigenvalue weighted by Crippen LogP contribution is 2.35. The van der Waals surface area contributed by atoms with Crippen molar-refractivity contribution < 1.29 is 9.53 Å². The average Bonchev–Trinajstić information content (AvgIpc) is 3.25. The van der Waals surface area contributed by atoms with E-state index in [2.05, 4.69) is 4.98 Å². The maximum absolute atomic E-state index is 11.8. The van der Waals surface area contributed by atoms with Gasteiger partial charge in [0.1, 0.15) is 23.5 Å². The summed E-state index contributed by atoms with van der Waals surface area (Å²) < 4.78 is 7.88. The monoisotopic (exact) mass is 383 g/mol. The molecule has 0 aliphatic carbocycles. The highest BCUT2D eigenvalue weighted by Gasteiger charge is 2.20. The molecule has 130 valence electrons. The molecule has 4 rings (SSSR count). The van der Waals surface area contributed by atoms with Gasteiger partial charge in [0.05, 0.1) is 11.0 Å². The third-order valence-corrected chi connectivity index (χ3v) is 5.18. The zero-order valence-corrected chi connectivity index (χ0v) is 15.1. The van der Waals surface area contributed by atoms with Crippen molar-refractivity contribution in [3.8, 4) is 11.4 Å². The van der Waals surface area contributed by atoms with Gasteiger partial charge in [-0.15, -0.1) is 11.3 Å². The van der Waals surface area contributed by atoms with Gasteiger partial charge in [0, 0.05) is 10.4 Å². The number of ether oxygens (including phenoxy) is 1. The first-order chi connectivity index (χ1) is 12.6. The molecule has 2 N–H and O–H groups in total. The highest BCUT2D eigenvalue weighted by molar-refractivity contribution is 7.12. The smallest absolute Gasteiger partial charge is 0.262 e. The Labute approximate surface area is 158 Å². The number of halogens is 1. The third kappa shape index (κ3) is 3.05. The number of carbonyl (C=O) groups is 1. The molecule has 0 unspecified atom stereocenters. The van der Waals surface area contributed by atoms with E-state index in [1.807, 2.05) is 46.3 Å². The lowest BCUT2D eigenvalue weighted by atomic mass is 10.2. The molecule has 2 aromatic carbocycles. The third-order valence-electron chi connectivity index (χ3n) is 3.96. The molecule has 0 fully saturated rings. The van der Waals surface area contributed by atoms with Crippen molar-refractivity contribution in [1.29, 1.82) is 0 Å². The van der Waals surface area contributed by atoms with Crippen LogP contribution in [0.25, 0.3) is 16.7 Å². The Hall–Kier alpha value is -2.83. The van der Waals surface area contributed by atoms with E-state index in [9.17, 15) is 4.79 Å². The van der Waals surface area contributed by atoms with Crippen LogP contribution in [0.2, 0.25) is 5.02 Å². The van der Waals surface area contributed by atoms with Crippen LogP contribution in [-0.2, 0) is 6.61 Å². The van der Waals surface area contributed by atoms with Crippen LogP contribution in [0.4, 0.5) is 0 Å². The second kappa shape index (κ2) is 6.82. The SMILES string of the molecule is NC(=O)c1scc(-n2cnc3ccccc32)c1OCc1ccc(Cl)cc1. The van der Waals surface area contributed by atoms with Crippen molar-refractivity contribution in [3.05, 3.63) is 75.7 Å². The van der Waals surface area contributed by atoms with Gasteiger partial charge in [0.25, 0.3) is 5.91 Å². The van der Waals surface area contributed by atoms with E-state index in [-0.39, 0.29) is 0 Å². The van der Waals surface area contributed by atoms with Gasteiger partial charge in [-0.25, -0.2) is 4.98 Å². The van der Waals surface area contributed by atoms with Crippen LogP contribution in [-0.4, -0.2) is 15.5 Å². The number of benzene rings is 2. The molecule has 0 bridgehead atoms. The molecule has 5 nitrogen and oxygen atoms in total. The lowest BCUT2D eigenvalue weighted by Crippen LogP contribution is -2.11. The Morgan fingerprint density at radius 3 is 2.73 bits per heavy atom. The molecule has 0 radical (unpaired) electrons. The summed E-state index contributed by atoms with van der Waals surface area (Å²) in [6, 6.07) is 15.1. The zero-order valence-electron chi connectivity index (χ0n) is 13.6. The van der Waals surface area contributed by atoms with Crippen LogP contribution in [0.1, 0.15) is 15.2 Å². The summed E-state index contributed by atoms with van der Waals surface area (Å²) in [7, 11) is 0. The Morgan fingerprint density at radius 1 is 1.19 bits per heavy atom. The molecule has 4 aromatic rings. The van der Waals surface area contributed by atoms with Crippen LogP contribution in [0.3, 0.4) is 0 Å². The fourth-order valence-corrected chi connectivity index (χ4v) is 3.66. The summed E-state index contributed by atoms with van der Waals surface area (Å²) in [5, 5.41) is 2.51. The Bertz CT molecular complexity index is 1090. The van der Waals surface area contributed by atoms with E-state index >= 15 is 0 Å². The van der Waals surface area contributed by atoms with Gasteiger partial charge in [-0.2, -0.15) is 0 Å². The number of fused-ring (bicyclic) bond motifs is 1. The number of nitrogens with two attached hydrogens (primary N) is 1. The molecule has 7 heteroatoms. The van der Waals surface area contributed by atoms with Crippen LogP contribution in [0.15, 0.2) is 60.2 Å². The van der Waals surface area contributed by atoms with Crippen molar-refractivity contribution >= 4 is 39.9 Å². The first kappa shape index (κ1) is 16.6. The Balaban J connectivity index is 1.74. The van der Waals surface area contributed by atoms with Gasteiger partial charge in [-0.05, 0) is 29.8 Å². The van der Waals surface area contributed by atoms with Crippen LogP contribution in [0, 0.1) is 0 Å². The van der Waals surface area contributed by atoms with E-state index < -0.39 is 5.91 Å². The van der Waals surface area contributed by atoms with E-state index in [1.54, 1.807) is 18.5 Å². The van der Waals surface area contributed by atoms with E-state index in [4.69, 9.17) is 22.1 Å². The van der Waals surface area contributed by atoms with Crippen molar-refractivity contribution in [2.45, 2.75) is 6.61 Å². The van der Waals surface area contributed by atoms with Gasteiger partial charge >= 0.3 is 0 Å². The number of thiophene rings is 1. The van der Waals surface area contributed by atoms with Gasteiger partial charge in [-0.1, -0.05) is 35.9 Å². The predicted molar refractivity (Wildman–Crippen MR) is 103 cm³/mol. The zero-order chi connectivity index (χ0) is 18.1. The van der Waals surface area contributed by atoms with Crippen LogP contribution < -0.4 is 10.5 Å². The summed E-state index contributed by atoms with van der Waals surface area (Å²) in [4.78, 5) is 16.6. The lowest BCUT2D eigenvalue weighted by Gasteiger charge is -2.10. The largest absolute Gasteiger partial charge is 0.485 e. The Kier molecular flexibility index (Phi) is 4.36. The molecular weight excluding hydrogens is 370 g/mol. The van der Waals surface area contributed by atoms with Gasteiger partial charge < -0.3 is 10.5 Å². The number of nitrogens with zero attached hydrogens (tertiary/aromatic N) is 2. The molecule has 2 heterocycles. The topological polar surface area (TPSA) is 70.1 Å². The number of primary amides is 1. The molecule has 0 saturated carbocycles. The normalized spacial score (nSPS) is 11.0. The molecule has 1 amide bonds. The maximum Gasteiger partial charge on any atom is 0.262 e. The second-order valence-corrected chi connectivity index (χ2v) is 6.98. The number of para-hydroxylation sites is 2. The van der Waals surface area contributed by atoms with E-state index in [1.165, 1.54) is 11.3 Å². The van der Waals surface area contributed by atoms with Crippen molar-refractivity contribution in [2.75, 3.05) is 0 Å². The van der Waals surface area contributed by atoms with Gasteiger partial charge in [0.2, 0.25) is 0 Å². The Morgan fingerprint density at radius 2 is 1.96 bits per heavy atom. The van der Waals surface area contributed by atoms with Gasteiger partial charge in [-0.3, -0.25) is 9.36 Å². The number of amides is 1. The minimum atomic E-state index is -0.517. The molecule has 0 saturated heterocycles. The quantitative estimate of drug-likeness (QED) is 0.554. The summed E-state index contributed by atoms with van der Waals surface area (Å²) in [6.07, 6.45) is 1.71. The van der Waals surface area contributed by atoms with E-state index in [0.717, 1.165) is 22.3 Å². The van der Waals surface area contributed by atoms with Crippen molar-refractivity contribution in [1.82, 2.24) is 9.55 Å². The summed E-state index contributed by atoms with van der Waals surface area (Å²) in [5.74, 6) is -0.0580. The van der Waals surface area contributed by atoms with Crippen LogP contribution in [0.5, 0.6) is 5.75 Å². The highest BCUT2D eigenvalue weighted by atomic mass is 35.5. The molecule has 26 heavy (non-hydrogen) atoms. The van der Waals surface area contributed by atoms with Crippen molar-refractivity contribution in [2.24, 2.45) is 5.73 Å². The van der Waals surface area contributed by atoms with Gasteiger partial charge in [0.15, 0.2) is 5.75 Å².